The molecule has 0 aliphatic carbocycles. The van der Waals surface area contributed by atoms with E-state index in [1.165, 1.54) is 44.9 Å². The molecule has 0 aromatic heterocycles. The Bertz CT molecular complexity index is 741. The number of nitrogens with zero attached hydrogens (tertiary/aromatic N) is 1. The van der Waals surface area contributed by atoms with Crippen LogP contribution in [0.4, 0.5) is 0 Å². The normalized spacial score (nSPS) is 11.4. The molecule has 0 spiro atoms. The first-order valence-corrected chi connectivity index (χ1v) is 11.3. The van der Waals surface area contributed by atoms with E-state index in [-0.39, 0.29) is 5.91 Å². The Kier molecular flexibility index (Phi) is 11.1. The first-order chi connectivity index (χ1) is 14.2. The molecule has 0 heterocycles. The van der Waals surface area contributed by atoms with Crippen LogP contribution in [0.2, 0.25) is 5.02 Å². The lowest BCUT2D eigenvalue weighted by Gasteiger charge is -2.08. The second-order valence-electron chi connectivity index (χ2n) is 7.45. The fourth-order valence-corrected chi connectivity index (χ4v) is 3.40. The second-order valence-corrected chi connectivity index (χ2v) is 7.88. The van der Waals surface area contributed by atoms with E-state index in [0.29, 0.717) is 11.4 Å². The van der Waals surface area contributed by atoms with Crippen molar-refractivity contribution in [3.63, 3.8) is 0 Å². The number of rotatable bonds is 13. The Morgan fingerprint density at radius 2 is 1.34 bits per heavy atom. The van der Waals surface area contributed by atoms with E-state index in [9.17, 15) is 4.79 Å². The third-order valence-corrected chi connectivity index (χ3v) is 5.22. The van der Waals surface area contributed by atoms with Crippen LogP contribution < -0.4 is 5.43 Å². The maximum atomic E-state index is 12.2. The average Bonchev–Trinajstić information content (AvgIpc) is 2.74. The Balaban J connectivity index is 1.80. The van der Waals surface area contributed by atoms with E-state index >= 15 is 0 Å². The molecule has 0 radical (unpaired) electrons. The van der Waals surface area contributed by atoms with Gasteiger partial charge < -0.3 is 0 Å². The van der Waals surface area contributed by atoms with Gasteiger partial charge >= 0.3 is 0 Å². The number of hydrazone groups is 1. The molecule has 2 rings (SSSR count). The SMILES string of the molecule is CCCCCCCCCCCC(=O)NN=C(c1ccccc1)c1ccc(Cl)cc1. The maximum Gasteiger partial charge on any atom is 0.240 e. The van der Waals surface area contributed by atoms with E-state index in [0.717, 1.165) is 29.7 Å². The van der Waals surface area contributed by atoms with Gasteiger partial charge in [0.15, 0.2) is 0 Å². The van der Waals surface area contributed by atoms with Crippen molar-refractivity contribution in [3.05, 3.63) is 70.7 Å². The monoisotopic (exact) mass is 412 g/mol. The summed E-state index contributed by atoms with van der Waals surface area (Å²) in [6.45, 7) is 2.24. The number of carbonyl (C=O) groups excluding carboxylic acids is 1. The van der Waals surface area contributed by atoms with Gasteiger partial charge in [0.2, 0.25) is 5.91 Å². The minimum Gasteiger partial charge on any atom is -0.273 e. The maximum absolute atomic E-state index is 12.2. The predicted molar refractivity (Wildman–Crippen MR) is 124 cm³/mol. The third-order valence-electron chi connectivity index (χ3n) is 4.96. The average molecular weight is 413 g/mol. The molecule has 0 aliphatic heterocycles. The molecule has 0 aliphatic rings. The molecule has 3 nitrogen and oxygen atoms in total. The second kappa shape index (κ2) is 13.9. The zero-order chi connectivity index (χ0) is 20.7. The van der Waals surface area contributed by atoms with Crippen molar-refractivity contribution in [3.8, 4) is 0 Å². The number of unbranched alkanes of at least 4 members (excludes halogenated alkanes) is 8. The van der Waals surface area contributed by atoms with Crippen molar-refractivity contribution in [2.45, 2.75) is 71.1 Å². The van der Waals surface area contributed by atoms with Crippen LogP contribution >= 0.6 is 11.6 Å². The molecule has 0 saturated carbocycles. The minimum absolute atomic E-state index is 0.0321. The van der Waals surface area contributed by atoms with Crippen molar-refractivity contribution in [2.24, 2.45) is 5.10 Å². The van der Waals surface area contributed by atoms with Crippen molar-refractivity contribution in [1.82, 2.24) is 5.43 Å². The quantitative estimate of drug-likeness (QED) is 0.212. The summed E-state index contributed by atoms with van der Waals surface area (Å²) in [6.07, 6.45) is 11.7. The molecule has 29 heavy (non-hydrogen) atoms. The molecule has 4 heteroatoms. The van der Waals surface area contributed by atoms with Crippen LogP contribution in [-0.4, -0.2) is 11.6 Å². The minimum atomic E-state index is -0.0321. The smallest absolute Gasteiger partial charge is 0.240 e. The number of benzene rings is 2. The summed E-state index contributed by atoms with van der Waals surface area (Å²) in [5, 5.41) is 5.10. The standard InChI is InChI=1S/C25H33ClN2O/c1-2-3-4-5-6-7-8-9-13-16-24(29)27-28-25(21-14-11-10-12-15-21)22-17-19-23(26)20-18-22/h10-12,14-15,17-20H,2-9,13,16H2,1H3,(H,27,29). The number of halogens is 1. The molecule has 1 N–H and O–H groups in total. The summed E-state index contributed by atoms with van der Waals surface area (Å²) < 4.78 is 0. The summed E-state index contributed by atoms with van der Waals surface area (Å²) in [5.74, 6) is -0.0321. The number of nitrogens with one attached hydrogen (secondary N) is 1. The van der Waals surface area contributed by atoms with Crippen molar-refractivity contribution < 1.29 is 4.79 Å². The summed E-state index contributed by atoms with van der Waals surface area (Å²) in [4.78, 5) is 12.2. The summed E-state index contributed by atoms with van der Waals surface area (Å²) in [5.41, 5.74) is 5.35. The van der Waals surface area contributed by atoms with Gasteiger partial charge in [0.05, 0.1) is 5.71 Å². The zero-order valence-corrected chi connectivity index (χ0v) is 18.3. The van der Waals surface area contributed by atoms with Gasteiger partial charge in [-0.05, 0) is 18.6 Å². The highest BCUT2D eigenvalue weighted by molar-refractivity contribution is 6.30. The molecule has 0 saturated heterocycles. The molecule has 0 atom stereocenters. The largest absolute Gasteiger partial charge is 0.273 e. The molecule has 0 fully saturated rings. The summed E-state index contributed by atoms with van der Waals surface area (Å²) in [7, 11) is 0. The van der Waals surface area contributed by atoms with Gasteiger partial charge in [-0.1, -0.05) is 112 Å². The van der Waals surface area contributed by atoms with Crippen LogP contribution in [0.15, 0.2) is 59.7 Å². The fraction of sp³-hybridized carbons (Fsp3) is 0.440. The van der Waals surface area contributed by atoms with Gasteiger partial charge in [-0.3, -0.25) is 4.79 Å². The topological polar surface area (TPSA) is 41.5 Å². The summed E-state index contributed by atoms with van der Waals surface area (Å²) in [6, 6.07) is 17.4. The Morgan fingerprint density at radius 1 is 0.793 bits per heavy atom. The number of amides is 1. The molecule has 0 bridgehead atoms. The Labute approximate surface area is 180 Å². The van der Waals surface area contributed by atoms with Gasteiger partial charge in [0.25, 0.3) is 0 Å². The zero-order valence-electron chi connectivity index (χ0n) is 17.5. The first kappa shape index (κ1) is 23.2. The van der Waals surface area contributed by atoms with Gasteiger partial charge in [-0.15, -0.1) is 0 Å². The summed E-state index contributed by atoms with van der Waals surface area (Å²) >= 11 is 6.01. The lowest BCUT2D eigenvalue weighted by molar-refractivity contribution is -0.121. The van der Waals surface area contributed by atoms with Crippen molar-refractivity contribution in [1.29, 1.82) is 0 Å². The number of hydrogen-bond acceptors (Lipinski definition) is 2. The van der Waals surface area contributed by atoms with E-state index in [4.69, 9.17) is 11.6 Å². The molecule has 1 amide bonds. The number of carbonyl (C=O) groups is 1. The molecule has 2 aromatic rings. The Morgan fingerprint density at radius 3 is 1.97 bits per heavy atom. The van der Waals surface area contributed by atoms with E-state index in [2.05, 4.69) is 17.5 Å². The molecular weight excluding hydrogens is 380 g/mol. The van der Waals surface area contributed by atoms with Crippen LogP contribution in [0.3, 0.4) is 0 Å². The van der Waals surface area contributed by atoms with Crippen molar-refractivity contribution >= 4 is 23.2 Å². The fourth-order valence-electron chi connectivity index (χ4n) is 3.27. The van der Waals surface area contributed by atoms with E-state index < -0.39 is 0 Å². The Hall–Kier alpha value is -2.13. The van der Waals surface area contributed by atoms with Crippen LogP contribution in [0, 0.1) is 0 Å². The van der Waals surface area contributed by atoms with Crippen LogP contribution in [0.5, 0.6) is 0 Å². The van der Waals surface area contributed by atoms with Gasteiger partial charge in [0, 0.05) is 22.6 Å². The van der Waals surface area contributed by atoms with Gasteiger partial charge in [-0.25, -0.2) is 5.43 Å². The van der Waals surface area contributed by atoms with Gasteiger partial charge in [0.1, 0.15) is 0 Å². The molecule has 156 valence electrons. The molecule has 0 unspecified atom stereocenters. The third kappa shape index (κ3) is 9.27. The highest BCUT2D eigenvalue weighted by Crippen LogP contribution is 2.15. The highest BCUT2D eigenvalue weighted by Gasteiger charge is 2.08. The highest BCUT2D eigenvalue weighted by atomic mass is 35.5. The first-order valence-electron chi connectivity index (χ1n) is 10.9. The number of hydrogen-bond donors (Lipinski definition) is 1. The van der Waals surface area contributed by atoms with Crippen LogP contribution in [-0.2, 0) is 4.79 Å². The van der Waals surface area contributed by atoms with Crippen LogP contribution in [0.25, 0.3) is 0 Å². The van der Waals surface area contributed by atoms with Crippen LogP contribution in [0.1, 0.15) is 82.3 Å². The lowest BCUT2D eigenvalue weighted by Crippen LogP contribution is -2.20. The van der Waals surface area contributed by atoms with E-state index in [1.54, 1.807) is 0 Å². The lowest BCUT2D eigenvalue weighted by atomic mass is 10.0. The van der Waals surface area contributed by atoms with E-state index in [1.807, 2.05) is 54.6 Å². The molecule has 2 aromatic carbocycles. The predicted octanol–water partition coefficient (Wildman–Crippen LogP) is 7.13. The van der Waals surface area contributed by atoms with Gasteiger partial charge in [-0.2, -0.15) is 5.10 Å². The molecular formula is C25H33ClN2O. The van der Waals surface area contributed by atoms with Crippen molar-refractivity contribution in [2.75, 3.05) is 0 Å².